The third kappa shape index (κ3) is 1.67. The Balaban J connectivity index is 2.21. The second kappa shape index (κ2) is 2.91. The van der Waals surface area contributed by atoms with Gasteiger partial charge in [-0.15, -0.1) is 0 Å². The average Bonchev–Trinajstić information content (AvgIpc) is 2.69. The summed E-state index contributed by atoms with van der Waals surface area (Å²) in [6.07, 6.45) is 1.29. The van der Waals surface area contributed by atoms with Gasteiger partial charge in [-0.05, 0) is 30.0 Å². The van der Waals surface area contributed by atoms with Crippen LogP contribution in [-0.4, -0.2) is 4.83 Å². The highest BCUT2D eigenvalue weighted by Gasteiger charge is 2.35. The van der Waals surface area contributed by atoms with E-state index < -0.39 is 0 Å². The van der Waals surface area contributed by atoms with E-state index in [9.17, 15) is 0 Å². The first-order valence-electron chi connectivity index (χ1n) is 3.67. The first kappa shape index (κ1) is 7.81. The smallest absolute Gasteiger partial charge is 0.0221 e. The molecule has 0 N–H and O–H groups in total. The fourth-order valence-corrected chi connectivity index (χ4v) is 2.19. The van der Waals surface area contributed by atoms with Crippen molar-refractivity contribution in [2.45, 2.75) is 17.2 Å². The zero-order chi connectivity index (χ0) is 7.84. The van der Waals surface area contributed by atoms with Crippen LogP contribution in [0.2, 0.25) is 0 Å². The summed E-state index contributed by atoms with van der Waals surface area (Å²) >= 11 is 7.01. The van der Waals surface area contributed by atoms with E-state index in [0.29, 0.717) is 0 Å². The lowest BCUT2D eigenvalue weighted by molar-refractivity contribution is 1.14. The molecular weight excluding hydrogens is 268 g/mol. The third-order valence-electron chi connectivity index (χ3n) is 2.01. The molecule has 2 heteroatoms. The largest absolute Gasteiger partial charge is 0.0884 e. The van der Waals surface area contributed by atoms with Gasteiger partial charge in [0.25, 0.3) is 0 Å². The van der Waals surface area contributed by atoms with Gasteiger partial charge >= 0.3 is 0 Å². The van der Waals surface area contributed by atoms with Crippen LogP contribution in [0.1, 0.15) is 17.9 Å². The van der Waals surface area contributed by atoms with Gasteiger partial charge in [0.2, 0.25) is 0 Å². The van der Waals surface area contributed by atoms with Gasteiger partial charge < -0.3 is 0 Å². The van der Waals surface area contributed by atoms with E-state index in [1.807, 2.05) is 0 Å². The number of alkyl halides is 1. The Morgan fingerprint density at radius 2 is 1.73 bits per heavy atom. The summed E-state index contributed by atoms with van der Waals surface area (Å²) in [5.74, 6) is 0.767. The predicted molar refractivity (Wildman–Crippen MR) is 54.2 cm³/mol. The van der Waals surface area contributed by atoms with Crippen LogP contribution in [0, 0.1) is 0 Å². The zero-order valence-corrected chi connectivity index (χ0v) is 9.10. The summed E-state index contributed by atoms with van der Waals surface area (Å²) < 4.78 is 1.16. The minimum Gasteiger partial charge on any atom is -0.0884 e. The summed E-state index contributed by atoms with van der Waals surface area (Å²) in [6.45, 7) is 0. The standard InChI is InChI=1S/C9H8Br2/c10-7-3-1-6(2-4-7)8-5-9(8)11/h1-4,8-9H,5H2/t8?,9-/m0/s1. The SMILES string of the molecule is Brc1ccc(C2C[C@@H]2Br)cc1. The second-order valence-electron chi connectivity index (χ2n) is 2.91. The van der Waals surface area contributed by atoms with Crippen molar-refractivity contribution in [3.63, 3.8) is 0 Å². The van der Waals surface area contributed by atoms with Gasteiger partial charge in [-0.3, -0.25) is 0 Å². The highest BCUT2D eigenvalue weighted by atomic mass is 79.9. The normalized spacial score (nSPS) is 28.5. The van der Waals surface area contributed by atoms with Crippen LogP contribution in [0.3, 0.4) is 0 Å². The summed E-state index contributed by atoms with van der Waals surface area (Å²) in [4.78, 5) is 0.726. The first-order chi connectivity index (χ1) is 5.27. The predicted octanol–water partition coefficient (Wildman–Crippen LogP) is 3.70. The lowest BCUT2D eigenvalue weighted by Gasteiger charge is -1.96. The minimum atomic E-state index is 0.726. The Bertz CT molecular complexity index is 253. The van der Waals surface area contributed by atoms with Gasteiger partial charge in [0.05, 0.1) is 0 Å². The van der Waals surface area contributed by atoms with Crippen molar-refractivity contribution in [3.05, 3.63) is 34.3 Å². The average molecular weight is 276 g/mol. The summed E-state index contributed by atoms with van der Waals surface area (Å²) in [5, 5.41) is 0. The molecule has 1 aromatic carbocycles. The van der Waals surface area contributed by atoms with E-state index in [1.165, 1.54) is 12.0 Å². The molecule has 1 fully saturated rings. The molecule has 1 aromatic rings. The van der Waals surface area contributed by atoms with Crippen molar-refractivity contribution >= 4 is 31.9 Å². The quantitative estimate of drug-likeness (QED) is 0.686. The molecule has 0 bridgehead atoms. The second-order valence-corrected chi connectivity index (χ2v) is 5.00. The van der Waals surface area contributed by atoms with Gasteiger partial charge in [-0.1, -0.05) is 44.0 Å². The van der Waals surface area contributed by atoms with Crippen LogP contribution in [0.15, 0.2) is 28.7 Å². The number of halogens is 2. The summed E-state index contributed by atoms with van der Waals surface area (Å²) in [6, 6.07) is 8.59. The number of hydrogen-bond acceptors (Lipinski definition) is 0. The Morgan fingerprint density at radius 3 is 2.18 bits per heavy atom. The van der Waals surface area contributed by atoms with Gasteiger partial charge in [-0.2, -0.15) is 0 Å². The van der Waals surface area contributed by atoms with Gasteiger partial charge in [-0.25, -0.2) is 0 Å². The zero-order valence-electron chi connectivity index (χ0n) is 5.93. The van der Waals surface area contributed by atoms with E-state index in [4.69, 9.17) is 0 Å². The molecule has 1 aliphatic carbocycles. The molecule has 2 rings (SSSR count). The topological polar surface area (TPSA) is 0 Å². The lowest BCUT2D eigenvalue weighted by atomic mass is 10.1. The van der Waals surface area contributed by atoms with Crippen LogP contribution in [0.25, 0.3) is 0 Å². The van der Waals surface area contributed by atoms with Crippen LogP contribution >= 0.6 is 31.9 Å². The molecule has 2 atom stereocenters. The Hall–Kier alpha value is 0.180. The molecule has 0 nitrogen and oxygen atoms in total. The minimum absolute atomic E-state index is 0.726. The Kier molecular flexibility index (Phi) is 2.06. The molecule has 0 aromatic heterocycles. The molecule has 0 aliphatic heterocycles. The molecule has 11 heavy (non-hydrogen) atoms. The third-order valence-corrected chi connectivity index (χ3v) is 3.55. The maximum Gasteiger partial charge on any atom is 0.0221 e. The lowest BCUT2D eigenvalue weighted by Crippen LogP contribution is -1.79. The van der Waals surface area contributed by atoms with Crippen LogP contribution in [-0.2, 0) is 0 Å². The van der Waals surface area contributed by atoms with Crippen molar-refractivity contribution in [3.8, 4) is 0 Å². The van der Waals surface area contributed by atoms with E-state index >= 15 is 0 Å². The van der Waals surface area contributed by atoms with Gasteiger partial charge in [0.1, 0.15) is 0 Å². The van der Waals surface area contributed by atoms with Crippen molar-refractivity contribution < 1.29 is 0 Å². The molecule has 1 unspecified atom stereocenters. The maximum absolute atomic E-state index is 3.59. The van der Waals surface area contributed by atoms with E-state index in [1.54, 1.807) is 0 Å². The number of hydrogen-bond donors (Lipinski definition) is 0. The van der Waals surface area contributed by atoms with Gasteiger partial charge in [0.15, 0.2) is 0 Å². The molecule has 58 valence electrons. The fourth-order valence-electron chi connectivity index (χ4n) is 1.22. The maximum atomic E-state index is 3.59. The van der Waals surface area contributed by atoms with E-state index in [0.717, 1.165) is 15.2 Å². The van der Waals surface area contributed by atoms with Crippen molar-refractivity contribution in [1.29, 1.82) is 0 Å². The highest BCUT2D eigenvalue weighted by molar-refractivity contribution is 9.10. The molecule has 0 saturated heterocycles. The van der Waals surface area contributed by atoms with E-state index in [2.05, 4.69) is 56.1 Å². The molecule has 1 saturated carbocycles. The van der Waals surface area contributed by atoms with Crippen LogP contribution < -0.4 is 0 Å². The van der Waals surface area contributed by atoms with Crippen LogP contribution in [0.4, 0.5) is 0 Å². The molecule has 0 radical (unpaired) electrons. The number of rotatable bonds is 1. The Morgan fingerprint density at radius 1 is 1.18 bits per heavy atom. The molecule has 0 spiro atoms. The first-order valence-corrected chi connectivity index (χ1v) is 5.38. The summed E-state index contributed by atoms with van der Waals surface area (Å²) in [7, 11) is 0. The Labute approximate surface area is 83.3 Å². The van der Waals surface area contributed by atoms with E-state index in [-0.39, 0.29) is 0 Å². The highest BCUT2D eigenvalue weighted by Crippen LogP contribution is 2.46. The molecule has 0 heterocycles. The monoisotopic (exact) mass is 274 g/mol. The van der Waals surface area contributed by atoms with Crippen molar-refractivity contribution in [1.82, 2.24) is 0 Å². The summed E-state index contributed by atoms with van der Waals surface area (Å²) in [5.41, 5.74) is 1.45. The van der Waals surface area contributed by atoms with Crippen LogP contribution in [0.5, 0.6) is 0 Å². The molecule has 0 amide bonds. The fraction of sp³-hybridized carbons (Fsp3) is 0.333. The molecular formula is C9H8Br2. The van der Waals surface area contributed by atoms with Crippen molar-refractivity contribution in [2.75, 3.05) is 0 Å². The molecule has 1 aliphatic rings. The van der Waals surface area contributed by atoms with Crippen molar-refractivity contribution in [2.24, 2.45) is 0 Å². The van der Waals surface area contributed by atoms with Gasteiger partial charge in [0, 0.05) is 9.30 Å². The number of benzene rings is 1.